The molecule has 2 rings (SSSR count). The number of nitrogens with zero attached hydrogens (tertiary/aromatic N) is 1. The van der Waals surface area contributed by atoms with Crippen LogP contribution in [0, 0.1) is 5.92 Å². The first-order valence-electron chi connectivity index (χ1n) is 8.37. The molecule has 0 bridgehead atoms. The first-order valence-corrected chi connectivity index (χ1v) is 8.37. The van der Waals surface area contributed by atoms with Crippen molar-refractivity contribution in [1.82, 2.24) is 10.2 Å². The summed E-state index contributed by atoms with van der Waals surface area (Å²) in [5, 5.41) is 3.56. The van der Waals surface area contributed by atoms with Crippen molar-refractivity contribution in [3.8, 4) is 5.75 Å². The summed E-state index contributed by atoms with van der Waals surface area (Å²) in [6.45, 7) is 8.30. The van der Waals surface area contributed by atoms with Crippen molar-refractivity contribution < 1.29 is 4.74 Å². The first kappa shape index (κ1) is 16.3. The zero-order chi connectivity index (χ0) is 14.9. The van der Waals surface area contributed by atoms with Crippen LogP contribution in [-0.4, -0.2) is 44.7 Å². The molecule has 0 atom stereocenters. The molecule has 0 radical (unpaired) electrons. The summed E-state index contributed by atoms with van der Waals surface area (Å²) in [5.41, 5.74) is 1.41. The summed E-state index contributed by atoms with van der Waals surface area (Å²) < 4.78 is 5.20. The van der Waals surface area contributed by atoms with Gasteiger partial charge in [-0.1, -0.05) is 19.1 Å². The van der Waals surface area contributed by atoms with Gasteiger partial charge in [-0.05, 0) is 75.5 Å². The van der Waals surface area contributed by atoms with Crippen molar-refractivity contribution in [2.24, 2.45) is 5.92 Å². The van der Waals surface area contributed by atoms with Gasteiger partial charge in [-0.2, -0.15) is 0 Å². The van der Waals surface area contributed by atoms with Crippen LogP contribution in [0.25, 0.3) is 0 Å². The van der Waals surface area contributed by atoms with Crippen molar-refractivity contribution in [3.05, 3.63) is 29.8 Å². The molecule has 3 heteroatoms. The molecule has 0 aromatic heterocycles. The molecule has 1 aliphatic heterocycles. The van der Waals surface area contributed by atoms with E-state index in [9.17, 15) is 0 Å². The average molecular weight is 290 g/mol. The second-order valence-corrected chi connectivity index (χ2v) is 6.09. The van der Waals surface area contributed by atoms with Crippen molar-refractivity contribution in [2.75, 3.05) is 39.8 Å². The van der Waals surface area contributed by atoms with E-state index in [0.717, 1.165) is 24.6 Å². The summed E-state index contributed by atoms with van der Waals surface area (Å²) in [7, 11) is 1.72. The van der Waals surface area contributed by atoms with E-state index in [4.69, 9.17) is 4.74 Å². The SMILES string of the molecule is CCCNCC1CCN(CCc2ccc(OC)cc2)CC1. The van der Waals surface area contributed by atoms with Gasteiger partial charge in [0.05, 0.1) is 7.11 Å². The largest absolute Gasteiger partial charge is 0.497 e. The van der Waals surface area contributed by atoms with E-state index in [2.05, 4.69) is 41.4 Å². The minimum Gasteiger partial charge on any atom is -0.497 e. The van der Waals surface area contributed by atoms with Gasteiger partial charge in [0.2, 0.25) is 0 Å². The number of nitrogens with one attached hydrogen (secondary N) is 1. The van der Waals surface area contributed by atoms with E-state index in [1.807, 2.05) is 0 Å². The molecular formula is C18H30N2O. The fraction of sp³-hybridized carbons (Fsp3) is 0.667. The second-order valence-electron chi connectivity index (χ2n) is 6.09. The highest BCUT2D eigenvalue weighted by Gasteiger charge is 2.18. The zero-order valence-electron chi connectivity index (χ0n) is 13.6. The van der Waals surface area contributed by atoms with Gasteiger partial charge >= 0.3 is 0 Å². The maximum Gasteiger partial charge on any atom is 0.118 e. The van der Waals surface area contributed by atoms with E-state index >= 15 is 0 Å². The predicted octanol–water partition coefficient (Wildman–Crippen LogP) is 2.95. The third-order valence-corrected chi connectivity index (χ3v) is 4.44. The lowest BCUT2D eigenvalue weighted by molar-refractivity contribution is 0.184. The van der Waals surface area contributed by atoms with Crippen molar-refractivity contribution in [3.63, 3.8) is 0 Å². The molecule has 1 aromatic rings. The van der Waals surface area contributed by atoms with Crippen LogP contribution >= 0.6 is 0 Å². The smallest absolute Gasteiger partial charge is 0.118 e. The lowest BCUT2D eigenvalue weighted by atomic mass is 9.96. The number of piperidine rings is 1. The number of hydrogen-bond acceptors (Lipinski definition) is 3. The second kappa shape index (κ2) is 9.06. The lowest BCUT2D eigenvalue weighted by Crippen LogP contribution is -2.38. The fourth-order valence-electron chi connectivity index (χ4n) is 2.98. The molecule has 1 heterocycles. The highest BCUT2D eigenvalue weighted by atomic mass is 16.5. The number of rotatable bonds is 8. The summed E-state index contributed by atoms with van der Waals surface area (Å²) in [6.07, 6.45) is 5.07. The van der Waals surface area contributed by atoms with Crippen LogP contribution in [0.5, 0.6) is 5.75 Å². The van der Waals surface area contributed by atoms with E-state index in [0.29, 0.717) is 0 Å². The van der Waals surface area contributed by atoms with Gasteiger partial charge in [0, 0.05) is 6.54 Å². The molecule has 0 aliphatic carbocycles. The Labute approximate surface area is 129 Å². The molecule has 0 unspecified atom stereocenters. The van der Waals surface area contributed by atoms with Crippen LogP contribution in [0.3, 0.4) is 0 Å². The Morgan fingerprint density at radius 3 is 2.52 bits per heavy atom. The Kier molecular flexibility index (Phi) is 7.04. The Balaban J connectivity index is 1.64. The molecule has 0 spiro atoms. The maximum absolute atomic E-state index is 5.20. The third kappa shape index (κ3) is 5.68. The molecule has 1 saturated heterocycles. The molecule has 1 fully saturated rings. The molecule has 0 saturated carbocycles. The standard InChI is InChI=1S/C18H30N2O/c1-3-11-19-15-17-9-13-20(14-10-17)12-8-16-4-6-18(21-2)7-5-16/h4-7,17,19H,3,8-15H2,1-2H3. The topological polar surface area (TPSA) is 24.5 Å². The molecule has 1 aromatic carbocycles. The quantitative estimate of drug-likeness (QED) is 0.745. The minimum absolute atomic E-state index is 0.883. The van der Waals surface area contributed by atoms with Gasteiger partial charge in [0.25, 0.3) is 0 Å². The van der Waals surface area contributed by atoms with E-state index in [1.165, 1.54) is 51.0 Å². The zero-order valence-corrected chi connectivity index (χ0v) is 13.6. The average Bonchev–Trinajstić information content (AvgIpc) is 2.55. The summed E-state index contributed by atoms with van der Waals surface area (Å²) in [5.74, 6) is 1.83. The van der Waals surface area contributed by atoms with E-state index in [1.54, 1.807) is 7.11 Å². The maximum atomic E-state index is 5.20. The molecule has 118 valence electrons. The Morgan fingerprint density at radius 1 is 1.19 bits per heavy atom. The summed E-state index contributed by atoms with van der Waals surface area (Å²) in [6, 6.07) is 8.47. The van der Waals surface area contributed by atoms with Gasteiger partial charge in [-0.25, -0.2) is 0 Å². The first-order chi connectivity index (χ1) is 10.3. The van der Waals surface area contributed by atoms with Crippen LogP contribution in [0.2, 0.25) is 0 Å². The summed E-state index contributed by atoms with van der Waals surface area (Å²) in [4.78, 5) is 2.61. The van der Waals surface area contributed by atoms with Gasteiger partial charge < -0.3 is 15.0 Å². The van der Waals surface area contributed by atoms with E-state index < -0.39 is 0 Å². The monoisotopic (exact) mass is 290 g/mol. The highest BCUT2D eigenvalue weighted by molar-refractivity contribution is 5.27. The van der Waals surface area contributed by atoms with Gasteiger partial charge in [0.15, 0.2) is 0 Å². The van der Waals surface area contributed by atoms with Crippen molar-refractivity contribution in [2.45, 2.75) is 32.6 Å². The predicted molar refractivity (Wildman–Crippen MR) is 89.0 cm³/mol. The molecular weight excluding hydrogens is 260 g/mol. The number of likely N-dealkylation sites (tertiary alicyclic amines) is 1. The lowest BCUT2D eigenvalue weighted by Gasteiger charge is -2.32. The fourth-order valence-corrected chi connectivity index (χ4v) is 2.98. The van der Waals surface area contributed by atoms with Crippen LogP contribution < -0.4 is 10.1 Å². The molecule has 3 nitrogen and oxygen atoms in total. The minimum atomic E-state index is 0.883. The molecule has 1 N–H and O–H groups in total. The Bertz CT molecular complexity index is 383. The molecule has 1 aliphatic rings. The normalized spacial score (nSPS) is 17.0. The van der Waals surface area contributed by atoms with E-state index in [-0.39, 0.29) is 0 Å². The van der Waals surface area contributed by atoms with Gasteiger partial charge in [-0.15, -0.1) is 0 Å². The van der Waals surface area contributed by atoms with Crippen LogP contribution in [0.15, 0.2) is 24.3 Å². The number of benzene rings is 1. The van der Waals surface area contributed by atoms with Crippen molar-refractivity contribution >= 4 is 0 Å². The third-order valence-electron chi connectivity index (χ3n) is 4.44. The Morgan fingerprint density at radius 2 is 1.90 bits per heavy atom. The number of hydrogen-bond donors (Lipinski definition) is 1. The number of methoxy groups -OCH3 is 1. The van der Waals surface area contributed by atoms with Crippen LogP contribution in [0.1, 0.15) is 31.7 Å². The van der Waals surface area contributed by atoms with Gasteiger partial charge in [-0.3, -0.25) is 0 Å². The molecule has 0 amide bonds. The highest BCUT2D eigenvalue weighted by Crippen LogP contribution is 2.17. The summed E-state index contributed by atoms with van der Waals surface area (Å²) >= 11 is 0. The molecule has 21 heavy (non-hydrogen) atoms. The number of ether oxygens (including phenoxy) is 1. The van der Waals surface area contributed by atoms with Crippen molar-refractivity contribution in [1.29, 1.82) is 0 Å². The van der Waals surface area contributed by atoms with Gasteiger partial charge in [0.1, 0.15) is 5.75 Å². The Hall–Kier alpha value is -1.06. The van der Waals surface area contributed by atoms with Crippen LogP contribution in [0.4, 0.5) is 0 Å². The van der Waals surface area contributed by atoms with Crippen LogP contribution in [-0.2, 0) is 6.42 Å².